The largest absolute Gasteiger partial charge is 0.464 e. The van der Waals surface area contributed by atoms with Gasteiger partial charge in [-0.15, -0.1) is 11.8 Å². The highest BCUT2D eigenvalue weighted by molar-refractivity contribution is 7.98. The van der Waals surface area contributed by atoms with Gasteiger partial charge in [0.2, 0.25) is 0 Å². The first kappa shape index (κ1) is 14.0. The Hall–Kier alpha value is -1.04. The van der Waals surface area contributed by atoms with Gasteiger partial charge in [0.15, 0.2) is 6.10 Å². The van der Waals surface area contributed by atoms with Gasteiger partial charge in [0.05, 0.1) is 6.61 Å². The Labute approximate surface area is 105 Å². The van der Waals surface area contributed by atoms with Crippen LogP contribution < -0.4 is 0 Å². The van der Waals surface area contributed by atoms with Gasteiger partial charge < -0.3 is 14.9 Å². The van der Waals surface area contributed by atoms with Crippen molar-refractivity contribution in [2.24, 2.45) is 0 Å². The van der Waals surface area contributed by atoms with E-state index < -0.39 is 18.2 Å². The Kier molecular flexibility index (Phi) is 5.47. The predicted octanol–water partition coefficient (Wildman–Crippen LogP) is 1.37. The smallest absolute Gasteiger partial charge is 0.338 e. The van der Waals surface area contributed by atoms with Crippen LogP contribution in [0.15, 0.2) is 29.2 Å². The summed E-state index contributed by atoms with van der Waals surface area (Å²) in [5, 5.41) is 19.4. The van der Waals surface area contributed by atoms with Crippen molar-refractivity contribution in [3.05, 3.63) is 29.8 Å². The molecular formula is C12H16O4S. The van der Waals surface area contributed by atoms with Gasteiger partial charge in [0.1, 0.15) is 6.10 Å². The molecule has 0 radical (unpaired) electrons. The van der Waals surface area contributed by atoms with E-state index in [9.17, 15) is 15.0 Å². The van der Waals surface area contributed by atoms with Crippen molar-refractivity contribution in [2.45, 2.75) is 24.0 Å². The fourth-order valence-corrected chi connectivity index (χ4v) is 1.75. The molecule has 1 aromatic carbocycles. The second kappa shape index (κ2) is 6.64. The van der Waals surface area contributed by atoms with Gasteiger partial charge in [0, 0.05) is 4.90 Å². The number of thioether (sulfide) groups is 1. The Morgan fingerprint density at radius 2 is 1.94 bits per heavy atom. The zero-order chi connectivity index (χ0) is 12.8. The number of rotatable bonds is 5. The molecule has 94 valence electrons. The maximum atomic E-state index is 11.2. The standard InChI is InChI=1S/C12H16O4S/c1-3-16-12(15)11(14)10(13)8-4-6-9(17-2)7-5-8/h4-7,10-11,13-14H,3H2,1-2H3. The van der Waals surface area contributed by atoms with Gasteiger partial charge in [0.25, 0.3) is 0 Å². The molecule has 0 saturated carbocycles. The first-order chi connectivity index (χ1) is 8.10. The van der Waals surface area contributed by atoms with Crippen molar-refractivity contribution >= 4 is 17.7 Å². The average Bonchev–Trinajstić information content (AvgIpc) is 2.37. The second-order valence-electron chi connectivity index (χ2n) is 3.41. The zero-order valence-corrected chi connectivity index (χ0v) is 10.6. The molecule has 0 spiro atoms. The number of benzene rings is 1. The molecule has 0 aliphatic rings. The minimum absolute atomic E-state index is 0.175. The highest BCUT2D eigenvalue weighted by Crippen LogP contribution is 2.21. The first-order valence-electron chi connectivity index (χ1n) is 5.26. The van der Waals surface area contributed by atoms with Gasteiger partial charge >= 0.3 is 5.97 Å². The monoisotopic (exact) mass is 256 g/mol. The van der Waals surface area contributed by atoms with E-state index in [0.29, 0.717) is 5.56 Å². The summed E-state index contributed by atoms with van der Waals surface area (Å²) >= 11 is 1.58. The van der Waals surface area contributed by atoms with E-state index >= 15 is 0 Å². The third-order valence-corrected chi connectivity index (χ3v) is 3.03. The fraction of sp³-hybridized carbons (Fsp3) is 0.417. The first-order valence-corrected chi connectivity index (χ1v) is 6.49. The number of carbonyl (C=O) groups is 1. The molecule has 4 nitrogen and oxygen atoms in total. The van der Waals surface area contributed by atoms with Crippen molar-refractivity contribution in [3.8, 4) is 0 Å². The molecule has 0 aliphatic carbocycles. The number of aliphatic hydroxyl groups is 2. The molecule has 5 heteroatoms. The van der Waals surface area contributed by atoms with E-state index in [0.717, 1.165) is 4.90 Å². The minimum Gasteiger partial charge on any atom is -0.464 e. The average molecular weight is 256 g/mol. The van der Waals surface area contributed by atoms with Gasteiger partial charge in [-0.2, -0.15) is 0 Å². The Morgan fingerprint density at radius 3 is 2.41 bits per heavy atom. The lowest BCUT2D eigenvalue weighted by Crippen LogP contribution is -2.29. The highest BCUT2D eigenvalue weighted by atomic mass is 32.2. The predicted molar refractivity (Wildman–Crippen MR) is 65.8 cm³/mol. The summed E-state index contributed by atoms with van der Waals surface area (Å²) in [6.07, 6.45) is -0.862. The molecule has 0 saturated heterocycles. The minimum atomic E-state index is -1.55. The maximum absolute atomic E-state index is 11.2. The number of ether oxygens (including phenoxy) is 1. The summed E-state index contributed by atoms with van der Waals surface area (Å²) in [6, 6.07) is 7.00. The molecule has 0 bridgehead atoms. The Balaban J connectivity index is 2.73. The van der Waals surface area contributed by atoms with E-state index in [-0.39, 0.29) is 6.61 Å². The van der Waals surface area contributed by atoms with E-state index in [2.05, 4.69) is 4.74 Å². The zero-order valence-electron chi connectivity index (χ0n) is 9.79. The summed E-state index contributed by atoms with van der Waals surface area (Å²) in [7, 11) is 0. The number of hydrogen-bond donors (Lipinski definition) is 2. The van der Waals surface area contributed by atoms with Crippen LogP contribution in [-0.4, -0.2) is 35.1 Å². The summed E-state index contributed by atoms with van der Waals surface area (Å²) in [5.41, 5.74) is 0.489. The summed E-state index contributed by atoms with van der Waals surface area (Å²) < 4.78 is 4.64. The van der Waals surface area contributed by atoms with Crippen molar-refractivity contribution < 1.29 is 19.7 Å². The quantitative estimate of drug-likeness (QED) is 0.615. The van der Waals surface area contributed by atoms with Gasteiger partial charge in [-0.25, -0.2) is 4.79 Å². The molecule has 0 fully saturated rings. The van der Waals surface area contributed by atoms with Gasteiger partial charge in [-0.1, -0.05) is 12.1 Å². The molecule has 2 unspecified atom stereocenters. The Morgan fingerprint density at radius 1 is 1.35 bits per heavy atom. The van der Waals surface area contributed by atoms with E-state index in [1.807, 2.05) is 18.4 Å². The molecule has 0 heterocycles. The molecule has 1 aromatic rings. The lowest BCUT2D eigenvalue weighted by molar-refractivity contribution is -0.159. The van der Waals surface area contributed by atoms with E-state index in [1.54, 1.807) is 30.8 Å². The number of aliphatic hydroxyl groups excluding tert-OH is 2. The van der Waals surface area contributed by atoms with Crippen LogP contribution >= 0.6 is 11.8 Å². The third-order valence-electron chi connectivity index (χ3n) is 2.28. The van der Waals surface area contributed by atoms with Crippen LogP contribution in [0.5, 0.6) is 0 Å². The maximum Gasteiger partial charge on any atom is 0.338 e. The van der Waals surface area contributed by atoms with Crippen molar-refractivity contribution in [2.75, 3.05) is 12.9 Å². The van der Waals surface area contributed by atoms with Crippen molar-refractivity contribution in [1.29, 1.82) is 0 Å². The van der Waals surface area contributed by atoms with Crippen molar-refractivity contribution in [1.82, 2.24) is 0 Å². The third kappa shape index (κ3) is 3.73. The van der Waals surface area contributed by atoms with Crippen molar-refractivity contribution in [3.63, 3.8) is 0 Å². The Bertz CT molecular complexity index is 363. The molecule has 0 amide bonds. The number of carbonyl (C=O) groups excluding carboxylic acids is 1. The lowest BCUT2D eigenvalue weighted by atomic mass is 10.0. The molecule has 0 aliphatic heterocycles. The SMILES string of the molecule is CCOC(=O)C(O)C(O)c1ccc(SC)cc1. The summed E-state index contributed by atoms with van der Waals surface area (Å²) in [5.74, 6) is -0.811. The van der Waals surface area contributed by atoms with Crippen LogP contribution in [0.4, 0.5) is 0 Å². The molecule has 17 heavy (non-hydrogen) atoms. The van der Waals surface area contributed by atoms with E-state index in [4.69, 9.17) is 0 Å². The second-order valence-corrected chi connectivity index (χ2v) is 4.29. The lowest BCUT2D eigenvalue weighted by Gasteiger charge is -2.16. The fourth-order valence-electron chi connectivity index (χ4n) is 1.34. The summed E-state index contributed by atoms with van der Waals surface area (Å²) in [6.45, 7) is 1.82. The van der Waals surface area contributed by atoms with Crippen LogP contribution in [0, 0.1) is 0 Å². The molecule has 2 atom stereocenters. The van der Waals surface area contributed by atoms with Crippen LogP contribution in [0.25, 0.3) is 0 Å². The normalized spacial score (nSPS) is 14.1. The topological polar surface area (TPSA) is 66.8 Å². The van der Waals surface area contributed by atoms with Gasteiger partial charge in [-0.3, -0.25) is 0 Å². The summed E-state index contributed by atoms with van der Waals surface area (Å²) in [4.78, 5) is 12.3. The van der Waals surface area contributed by atoms with E-state index in [1.165, 1.54) is 0 Å². The number of hydrogen-bond acceptors (Lipinski definition) is 5. The molecule has 0 aromatic heterocycles. The molecule has 1 rings (SSSR count). The molecular weight excluding hydrogens is 240 g/mol. The van der Waals surface area contributed by atoms with Crippen LogP contribution in [-0.2, 0) is 9.53 Å². The van der Waals surface area contributed by atoms with Crippen LogP contribution in [0.2, 0.25) is 0 Å². The van der Waals surface area contributed by atoms with Crippen LogP contribution in [0.1, 0.15) is 18.6 Å². The van der Waals surface area contributed by atoms with Gasteiger partial charge in [-0.05, 0) is 30.9 Å². The van der Waals surface area contributed by atoms with Crippen LogP contribution in [0.3, 0.4) is 0 Å². The highest BCUT2D eigenvalue weighted by Gasteiger charge is 2.26. The number of esters is 1. The molecule has 2 N–H and O–H groups in total.